The average Bonchev–Trinajstić information content (AvgIpc) is 2.78. The number of fused-ring (bicyclic) bond motifs is 3. The highest BCUT2D eigenvalue weighted by atomic mass is 35.5. The summed E-state index contributed by atoms with van der Waals surface area (Å²) < 4.78 is 5.40. The standard InChI is InChI=1S/C15H12ClNO3/c1-7-6-9(15(18)19)11-8-4-3-5-10(16)12(8)17-13(11)14(7)20-2/h3-6,17H,1-2H3,(H,18,19). The minimum Gasteiger partial charge on any atom is -0.494 e. The number of hydrogen-bond donors (Lipinski definition) is 2. The maximum atomic E-state index is 11.5. The number of carbonyl (C=O) groups is 1. The minimum absolute atomic E-state index is 0.242. The van der Waals surface area contributed by atoms with E-state index < -0.39 is 5.97 Å². The van der Waals surface area contributed by atoms with Crippen molar-refractivity contribution in [1.29, 1.82) is 0 Å². The Morgan fingerprint density at radius 1 is 1.35 bits per heavy atom. The summed E-state index contributed by atoms with van der Waals surface area (Å²) in [5.41, 5.74) is 2.38. The summed E-state index contributed by atoms with van der Waals surface area (Å²) in [6.45, 7) is 1.82. The Labute approximate surface area is 119 Å². The Morgan fingerprint density at radius 3 is 2.75 bits per heavy atom. The highest BCUT2D eigenvalue weighted by Gasteiger charge is 2.20. The van der Waals surface area contributed by atoms with Crippen molar-refractivity contribution in [3.63, 3.8) is 0 Å². The van der Waals surface area contributed by atoms with Gasteiger partial charge in [0.25, 0.3) is 0 Å². The Hall–Kier alpha value is -2.20. The summed E-state index contributed by atoms with van der Waals surface area (Å²) in [4.78, 5) is 14.7. The molecule has 0 radical (unpaired) electrons. The molecular weight excluding hydrogens is 278 g/mol. The molecule has 1 heterocycles. The Bertz CT molecular complexity index is 851. The van der Waals surface area contributed by atoms with Crippen LogP contribution in [0.1, 0.15) is 15.9 Å². The van der Waals surface area contributed by atoms with E-state index in [1.54, 1.807) is 25.3 Å². The fourth-order valence-corrected chi connectivity index (χ4v) is 2.84. The van der Waals surface area contributed by atoms with E-state index in [0.717, 1.165) is 16.5 Å². The number of aromatic carboxylic acids is 1. The quantitative estimate of drug-likeness (QED) is 0.750. The third-order valence-corrected chi connectivity index (χ3v) is 3.75. The van der Waals surface area contributed by atoms with Gasteiger partial charge < -0.3 is 14.8 Å². The third kappa shape index (κ3) is 1.65. The van der Waals surface area contributed by atoms with Gasteiger partial charge >= 0.3 is 5.97 Å². The lowest BCUT2D eigenvalue weighted by Crippen LogP contribution is -2.00. The van der Waals surface area contributed by atoms with Crippen molar-refractivity contribution in [3.05, 3.63) is 40.4 Å². The molecule has 0 atom stereocenters. The van der Waals surface area contributed by atoms with E-state index in [9.17, 15) is 9.90 Å². The fourth-order valence-electron chi connectivity index (χ4n) is 2.61. The molecule has 0 bridgehead atoms. The number of H-pyrrole nitrogens is 1. The van der Waals surface area contributed by atoms with Crippen molar-refractivity contribution >= 4 is 39.4 Å². The summed E-state index contributed by atoms with van der Waals surface area (Å²) in [6, 6.07) is 7.04. The van der Waals surface area contributed by atoms with Crippen LogP contribution >= 0.6 is 11.6 Å². The third-order valence-electron chi connectivity index (χ3n) is 3.43. The lowest BCUT2D eigenvalue weighted by Gasteiger charge is -2.08. The second-order valence-electron chi connectivity index (χ2n) is 4.62. The number of ether oxygens (including phenoxy) is 1. The number of aryl methyl sites for hydroxylation is 1. The molecule has 0 spiro atoms. The molecule has 2 N–H and O–H groups in total. The van der Waals surface area contributed by atoms with E-state index >= 15 is 0 Å². The second-order valence-corrected chi connectivity index (χ2v) is 5.02. The number of aromatic nitrogens is 1. The molecule has 0 aliphatic heterocycles. The lowest BCUT2D eigenvalue weighted by molar-refractivity contribution is 0.0699. The molecule has 102 valence electrons. The molecule has 0 aliphatic rings. The fraction of sp³-hybridized carbons (Fsp3) is 0.133. The molecule has 0 unspecified atom stereocenters. The van der Waals surface area contributed by atoms with Gasteiger partial charge in [-0.15, -0.1) is 0 Å². The van der Waals surface area contributed by atoms with Gasteiger partial charge in [0.1, 0.15) is 5.75 Å². The Kier molecular flexibility index (Phi) is 2.83. The average molecular weight is 290 g/mol. The molecule has 0 amide bonds. The predicted octanol–water partition coefficient (Wildman–Crippen LogP) is 3.99. The number of nitrogens with one attached hydrogen (secondary N) is 1. The van der Waals surface area contributed by atoms with Gasteiger partial charge in [-0.25, -0.2) is 4.79 Å². The maximum Gasteiger partial charge on any atom is 0.336 e. The molecule has 5 heteroatoms. The van der Waals surface area contributed by atoms with E-state index in [1.807, 2.05) is 13.0 Å². The van der Waals surface area contributed by atoms with Crippen LogP contribution in [0.15, 0.2) is 24.3 Å². The molecule has 2 aromatic carbocycles. The molecule has 1 aromatic heterocycles. The van der Waals surface area contributed by atoms with Gasteiger partial charge in [0.2, 0.25) is 0 Å². The van der Waals surface area contributed by atoms with Crippen LogP contribution in [-0.2, 0) is 0 Å². The van der Waals surface area contributed by atoms with Gasteiger partial charge in [0.15, 0.2) is 0 Å². The first-order valence-electron chi connectivity index (χ1n) is 6.05. The molecule has 3 rings (SSSR count). The number of benzene rings is 2. The number of hydrogen-bond acceptors (Lipinski definition) is 2. The molecular formula is C15H12ClNO3. The molecule has 20 heavy (non-hydrogen) atoms. The van der Waals surface area contributed by atoms with Gasteiger partial charge in [0.05, 0.1) is 28.7 Å². The van der Waals surface area contributed by atoms with E-state index in [4.69, 9.17) is 16.3 Å². The first kappa shape index (κ1) is 12.8. The molecule has 4 nitrogen and oxygen atoms in total. The summed E-state index contributed by atoms with van der Waals surface area (Å²) in [5, 5.41) is 11.4. The van der Waals surface area contributed by atoms with Gasteiger partial charge in [-0.1, -0.05) is 23.7 Å². The van der Waals surface area contributed by atoms with Gasteiger partial charge in [-0.2, -0.15) is 0 Å². The monoisotopic (exact) mass is 289 g/mol. The zero-order valence-electron chi connectivity index (χ0n) is 11.0. The van der Waals surface area contributed by atoms with Crippen LogP contribution < -0.4 is 4.74 Å². The summed E-state index contributed by atoms with van der Waals surface area (Å²) in [7, 11) is 1.56. The normalized spacial score (nSPS) is 11.2. The number of rotatable bonds is 2. The van der Waals surface area contributed by atoms with Crippen LogP contribution in [-0.4, -0.2) is 23.2 Å². The first-order chi connectivity index (χ1) is 9.54. The molecule has 0 saturated carbocycles. The second kappa shape index (κ2) is 4.42. The number of methoxy groups -OCH3 is 1. The summed E-state index contributed by atoms with van der Waals surface area (Å²) in [5.74, 6) is -0.334. The van der Waals surface area contributed by atoms with E-state index in [0.29, 0.717) is 21.7 Å². The van der Waals surface area contributed by atoms with E-state index in [-0.39, 0.29) is 5.56 Å². The van der Waals surface area contributed by atoms with E-state index in [2.05, 4.69) is 4.98 Å². The Morgan fingerprint density at radius 2 is 2.10 bits per heavy atom. The SMILES string of the molecule is COc1c(C)cc(C(=O)O)c2c1[nH]c1c(Cl)cccc12. The largest absolute Gasteiger partial charge is 0.494 e. The zero-order valence-corrected chi connectivity index (χ0v) is 11.7. The van der Waals surface area contributed by atoms with Crippen LogP contribution in [0, 0.1) is 6.92 Å². The number of carboxylic acids is 1. The lowest BCUT2D eigenvalue weighted by atomic mass is 10.0. The van der Waals surface area contributed by atoms with Crippen LogP contribution in [0.25, 0.3) is 21.8 Å². The molecule has 0 fully saturated rings. The maximum absolute atomic E-state index is 11.5. The smallest absolute Gasteiger partial charge is 0.336 e. The summed E-state index contributed by atoms with van der Waals surface area (Å²) in [6.07, 6.45) is 0. The first-order valence-corrected chi connectivity index (χ1v) is 6.43. The number of halogens is 1. The summed E-state index contributed by atoms with van der Waals surface area (Å²) >= 11 is 6.18. The van der Waals surface area contributed by atoms with Crippen molar-refractivity contribution < 1.29 is 14.6 Å². The topological polar surface area (TPSA) is 62.3 Å². The zero-order chi connectivity index (χ0) is 14.4. The van der Waals surface area contributed by atoms with E-state index in [1.165, 1.54) is 0 Å². The number of carboxylic acid groups (broad SMARTS) is 1. The van der Waals surface area contributed by atoms with Crippen molar-refractivity contribution in [2.24, 2.45) is 0 Å². The Balaban J connectivity index is 2.62. The molecule has 0 saturated heterocycles. The number of aromatic amines is 1. The van der Waals surface area contributed by atoms with Crippen LogP contribution in [0.3, 0.4) is 0 Å². The van der Waals surface area contributed by atoms with Crippen molar-refractivity contribution in [3.8, 4) is 5.75 Å². The minimum atomic E-state index is -0.971. The number of para-hydroxylation sites is 1. The van der Waals surface area contributed by atoms with Crippen molar-refractivity contribution in [2.75, 3.05) is 7.11 Å². The highest BCUT2D eigenvalue weighted by Crippen LogP contribution is 2.38. The van der Waals surface area contributed by atoms with Crippen LogP contribution in [0.2, 0.25) is 5.02 Å². The predicted molar refractivity (Wildman–Crippen MR) is 79.1 cm³/mol. The van der Waals surface area contributed by atoms with Crippen molar-refractivity contribution in [2.45, 2.75) is 6.92 Å². The molecule has 3 aromatic rings. The van der Waals surface area contributed by atoms with Crippen LogP contribution in [0.4, 0.5) is 0 Å². The van der Waals surface area contributed by atoms with Gasteiger partial charge in [-0.3, -0.25) is 0 Å². The van der Waals surface area contributed by atoms with Crippen LogP contribution in [0.5, 0.6) is 5.75 Å². The highest BCUT2D eigenvalue weighted by molar-refractivity contribution is 6.36. The van der Waals surface area contributed by atoms with Gasteiger partial charge in [0, 0.05) is 10.8 Å². The van der Waals surface area contributed by atoms with Crippen molar-refractivity contribution in [1.82, 2.24) is 4.98 Å². The molecule has 0 aliphatic carbocycles. The van der Waals surface area contributed by atoms with Gasteiger partial charge in [-0.05, 0) is 24.6 Å².